The average molecular weight is 423 g/mol. The SMILES string of the molecule is COc1ccc(C(CC(=O)NCCc2ccc(O)cc2)c2c(O)cc(C)oc2=O)cc1. The number of ether oxygens (including phenoxy) is 1. The van der Waals surface area contributed by atoms with Gasteiger partial charge in [-0.2, -0.15) is 0 Å². The largest absolute Gasteiger partial charge is 0.508 e. The van der Waals surface area contributed by atoms with Crippen LogP contribution in [-0.4, -0.2) is 29.8 Å². The van der Waals surface area contributed by atoms with Crippen LogP contribution in [0.1, 0.15) is 34.8 Å². The maximum absolute atomic E-state index is 12.7. The molecule has 0 aliphatic carbocycles. The molecule has 1 heterocycles. The van der Waals surface area contributed by atoms with Crippen molar-refractivity contribution in [2.45, 2.75) is 25.7 Å². The van der Waals surface area contributed by atoms with Gasteiger partial charge in [0.05, 0.1) is 12.7 Å². The van der Waals surface area contributed by atoms with Crippen LogP contribution in [0.2, 0.25) is 0 Å². The summed E-state index contributed by atoms with van der Waals surface area (Å²) in [5.74, 6) is -0.0344. The first-order chi connectivity index (χ1) is 14.9. The number of phenolic OH excluding ortho intramolecular Hbond substituents is 1. The first-order valence-corrected chi connectivity index (χ1v) is 9.89. The molecule has 31 heavy (non-hydrogen) atoms. The Bertz CT molecular complexity index is 1090. The quantitative estimate of drug-likeness (QED) is 0.513. The molecule has 7 heteroatoms. The minimum atomic E-state index is -0.684. The molecular weight excluding hydrogens is 398 g/mol. The molecule has 0 saturated carbocycles. The van der Waals surface area contributed by atoms with Crippen molar-refractivity contribution >= 4 is 5.91 Å². The highest BCUT2D eigenvalue weighted by Gasteiger charge is 2.25. The van der Waals surface area contributed by atoms with E-state index in [1.807, 2.05) is 0 Å². The van der Waals surface area contributed by atoms with Crippen molar-refractivity contribution in [1.29, 1.82) is 0 Å². The monoisotopic (exact) mass is 423 g/mol. The molecule has 1 aromatic heterocycles. The standard InChI is InChI=1S/C24H25NO6/c1-15-13-21(27)23(24(29)31-15)20(17-5-9-19(30-2)10-6-17)14-22(28)25-12-11-16-3-7-18(26)8-4-16/h3-10,13,20,26-27H,11-12,14H2,1-2H3,(H,25,28). The predicted molar refractivity (Wildman–Crippen MR) is 116 cm³/mol. The van der Waals surface area contributed by atoms with Crippen molar-refractivity contribution < 1.29 is 24.2 Å². The van der Waals surface area contributed by atoms with Gasteiger partial charge in [-0.25, -0.2) is 4.79 Å². The molecule has 3 rings (SSSR count). The van der Waals surface area contributed by atoms with Gasteiger partial charge < -0.3 is 24.7 Å². The van der Waals surface area contributed by atoms with Crippen LogP contribution in [-0.2, 0) is 11.2 Å². The van der Waals surface area contributed by atoms with Crippen LogP contribution in [0.3, 0.4) is 0 Å². The second kappa shape index (κ2) is 9.84. The molecule has 0 saturated heterocycles. The van der Waals surface area contributed by atoms with Crippen molar-refractivity contribution in [3.05, 3.63) is 87.5 Å². The molecule has 1 unspecified atom stereocenters. The number of hydrogen-bond donors (Lipinski definition) is 3. The number of benzene rings is 2. The number of aryl methyl sites for hydroxylation is 1. The number of rotatable bonds is 8. The summed E-state index contributed by atoms with van der Waals surface area (Å²) in [6, 6.07) is 15.1. The van der Waals surface area contributed by atoms with E-state index in [-0.39, 0.29) is 35.2 Å². The van der Waals surface area contributed by atoms with Crippen LogP contribution < -0.4 is 15.7 Å². The number of carbonyl (C=O) groups is 1. The lowest BCUT2D eigenvalue weighted by Crippen LogP contribution is -2.28. The Morgan fingerprint density at radius 1 is 1.10 bits per heavy atom. The van der Waals surface area contributed by atoms with E-state index in [4.69, 9.17) is 9.15 Å². The molecule has 2 aromatic carbocycles. The van der Waals surface area contributed by atoms with Crippen molar-refractivity contribution in [2.75, 3.05) is 13.7 Å². The summed E-state index contributed by atoms with van der Waals surface area (Å²) in [7, 11) is 1.55. The number of amides is 1. The summed E-state index contributed by atoms with van der Waals surface area (Å²) in [4.78, 5) is 25.2. The molecule has 0 aliphatic heterocycles. The summed E-state index contributed by atoms with van der Waals surface area (Å²) in [5.41, 5.74) is 1.03. The average Bonchev–Trinajstić information content (AvgIpc) is 2.74. The van der Waals surface area contributed by atoms with Crippen LogP contribution >= 0.6 is 0 Å². The van der Waals surface area contributed by atoms with Crippen molar-refractivity contribution in [3.8, 4) is 17.2 Å². The molecule has 0 bridgehead atoms. The van der Waals surface area contributed by atoms with E-state index in [1.165, 1.54) is 6.07 Å². The molecule has 0 spiro atoms. The second-order valence-corrected chi connectivity index (χ2v) is 7.24. The van der Waals surface area contributed by atoms with Crippen LogP contribution in [0.5, 0.6) is 17.2 Å². The molecule has 0 aliphatic rings. The molecule has 3 aromatic rings. The molecule has 7 nitrogen and oxygen atoms in total. The smallest absolute Gasteiger partial charge is 0.343 e. The maximum atomic E-state index is 12.7. The molecule has 3 N–H and O–H groups in total. The van der Waals surface area contributed by atoms with Gasteiger partial charge in [0.2, 0.25) is 5.91 Å². The zero-order chi connectivity index (χ0) is 22.4. The molecule has 162 valence electrons. The minimum absolute atomic E-state index is 0.0384. The van der Waals surface area contributed by atoms with Gasteiger partial charge in [-0.05, 0) is 48.7 Å². The fraction of sp³-hybridized carbons (Fsp3) is 0.250. The number of methoxy groups -OCH3 is 1. The first kappa shape index (κ1) is 22.0. The van der Waals surface area contributed by atoms with Gasteiger partial charge in [-0.3, -0.25) is 4.79 Å². The van der Waals surface area contributed by atoms with Crippen LogP contribution in [0.25, 0.3) is 0 Å². The van der Waals surface area contributed by atoms with E-state index in [2.05, 4.69) is 5.32 Å². The molecule has 1 amide bonds. The Morgan fingerprint density at radius 2 is 1.77 bits per heavy atom. The predicted octanol–water partition coefficient (Wildman–Crippen LogP) is 3.25. The van der Waals surface area contributed by atoms with Gasteiger partial charge in [0.15, 0.2) is 0 Å². The summed E-state index contributed by atoms with van der Waals surface area (Å²) < 4.78 is 10.4. The summed E-state index contributed by atoms with van der Waals surface area (Å²) in [5, 5.41) is 22.6. The van der Waals surface area contributed by atoms with E-state index in [1.54, 1.807) is 62.6 Å². The Morgan fingerprint density at radius 3 is 2.39 bits per heavy atom. The third kappa shape index (κ3) is 5.66. The maximum Gasteiger partial charge on any atom is 0.343 e. The van der Waals surface area contributed by atoms with E-state index < -0.39 is 11.5 Å². The van der Waals surface area contributed by atoms with Gasteiger partial charge >= 0.3 is 5.63 Å². The highest BCUT2D eigenvalue weighted by Crippen LogP contribution is 2.33. The fourth-order valence-electron chi connectivity index (χ4n) is 3.42. The lowest BCUT2D eigenvalue weighted by atomic mass is 9.88. The Kier molecular flexibility index (Phi) is 6.97. The number of carbonyl (C=O) groups excluding carboxylic acids is 1. The fourth-order valence-corrected chi connectivity index (χ4v) is 3.42. The highest BCUT2D eigenvalue weighted by atomic mass is 16.5. The lowest BCUT2D eigenvalue weighted by Gasteiger charge is -2.18. The topological polar surface area (TPSA) is 109 Å². The molecule has 0 fully saturated rings. The molecular formula is C24H25NO6. The van der Waals surface area contributed by atoms with Gasteiger partial charge in [-0.1, -0.05) is 24.3 Å². The van der Waals surface area contributed by atoms with Crippen molar-refractivity contribution in [1.82, 2.24) is 5.32 Å². The van der Waals surface area contributed by atoms with E-state index >= 15 is 0 Å². The summed E-state index contributed by atoms with van der Waals surface area (Å²) >= 11 is 0. The van der Waals surface area contributed by atoms with Crippen molar-refractivity contribution in [2.24, 2.45) is 0 Å². The number of phenols is 1. The normalized spacial score (nSPS) is 11.7. The first-order valence-electron chi connectivity index (χ1n) is 9.89. The zero-order valence-electron chi connectivity index (χ0n) is 17.4. The van der Waals surface area contributed by atoms with Gasteiger partial charge in [0, 0.05) is 24.9 Å². The number of hydrogen-bond acceptors (Lipinski definition) is 6. The summed E-state index contributed by atoms with van der Waals surface area (Å²) in [6.45, 7) is 1.97. The second-order valence-electron chi connectivity index (χ2n) is 7.24. The Balaban J connectivity index is 1.78. The Labute approximate surface area is 179 Å². The molecule has 1 atom stereocenters. The molecule has 0 radical (unpaired) electrons. The third-order valence-corrected chi connectivity index (χ3v) is 5.02. The van der Waals surface area contributed by atoms with E-state index in [0.29, 0.717) is 24.3 Å². The van der Waals surface area contributed by atoms with Gasteiger partial charge in [0.1, 0.15) is 23.0 Å². The number of nitrogens with one attached hydrogen (secondary N) is 1. The van der Waals surface area contributed by atoms with E-state index in [9.17, 15) is 19.8 Å². The van der Waals surface area contributed by atoms with Crippen LogP contribution in [0.15, 0.2) is 63.8 Å². The van der Waals surface area contributed by atoms with Gasteiger partial charge in [-0.15, -0.1) is 0 Å². The highest BCUT2D eigenvalue weighted by molar-refractivity contribution is 5.77. The third-order valence-electron chi connectivity index (χ3n) is 5.02. The number of aromatic hydroxyl groups is 2. The van der Waals surface area contributed by atoms with Crippen LogP contribution in [0, 0.1) is 6.92 Å². The van der Waals surface area contributed by atoms with Crippen molar-refractivity contribution in [3.63, 3.8) is 0 Å². The summed E-state index contributed by atoms with van der Waals surface area (Å²) in [6.07, 6.45) is 0.556. The Hall–Kier alpha value is -3.74. The minimum Gasteiger partial charge on any atom is -0.508 e. The lowest BCUT2D eigenvalue weighted by molar-refractivity contribution is -0.121. The van der Waals surface area contributed by atoms with Crippen LogP contribution in [0.4, 0.5) is 0 Å². The zero-order valence-corrected chi connectivity index (χ0v) is 17.4. The van der Waals surface area contributed by atoms with Gasteiger partial charge in [0.25, 0.3) is 0 Å². The van der Waals surface area contributed by atoms with E-state index in [0.717, 1.165) is 5.56 Å².